The Hall–Kier alpha value is -2.07. The number of nitrogens with one attached hydrogen (secondary N) is 1. The first kappa shape index (κ1) is 17.7. The second-order valence-corrected chi connectivity index (χ2v) is 6.77. The van der Waals surface area contributed by atoms with Crippen molar-refractivity contribution in [2.24, 2.45) is 5.92 Å². The quantitative estimate of drug-likeness (QED) is 0.705. The lowest BCUT2D eigenvalue weighted by atomic mass is 9.84. The van der Waals surface area contributed by atoms with Crippen molar-refractivity contribution in [1.29, 1.82) is 0 Å². The van der Waals surface area contributed by atoms with Crippen molar-refractivity contribution in [3.63, 3.8) is 0 Å². The number of amides is 1. The first-order valence-corrected chi connectivity index (χ1v) is 9.26. The molecule has 0 aliphatic heterocycles. The standard InChI is InChI=1S/C21H27NO3/c23-14-8-2-1-7-13-22-21(24)25-15-20-18-11-5-3-9-16(18)17-10-4-6-12-19(17)20/h3-6,9-12,16,18,20,23H,1-2,7-8,13-15H2,(H,22,24). The van der Waals surface area contributed by atoms with Gasteiger partial charge in [-0.2, -0.15) is 0 Å². The number of benzene rings is 1. The lowest BCUT2D eigenvalue weighted by Gasteiger charge is -2.22. The van der Waals surface area contributed by atoms with Crippen LogP contribution in [-0.2, 0) is 4.74 Å². The van der Waals surface area contributed by atoms with Crippen LogP contribution >= 0.6 is 0 Å². The number of ether oxygens (including phenoxy) is 1. The van der Waals surface area contributed by atoms with Gasteiger partial charge in [-0.25, -0.2) is 4.79 Å². The van der Waals surface area contributed by atoms with Crippen molar-refractivity contribution >= 4 is 6.09 Å². The second-order valence-electron chi connectivity index (χ2n) is 6.77. The fourth-order valence-electron chi connectivity index (χ4n) is 3.88. The number of carbonyl (C=O) groups excluding carboxylic acids is 1. The number of allylic oxidation sites excluding steroid dienone is 4. The summed E-state index contributed by atoms with van der Waals surface area (Å²) in [5.41, 5.74) is 2.65. The van der Waals surface area contributed by atoms with Gasteiger partial charge in [0, 0.05) is 25.0 Å². The number of unbranched alkanes of at least 4 members (excludes halogenated alkanes) is 3. The molecule has 1 aromatic carbocycles. The first-order valence-electron chi connectivity index (χ1n) is 9.26. The molecule has 3 unspecified atom stereocenters. The summed E-state index contributed by atoms with van der Waals surface area (Å²) in [4.78, 5) is 12.0. The van der Waals surface area contributed by atoms with E-state index in [0.717, 1.165) is 25.7 Å². The van der Waals surface area contributed by atoms with Crippen LogP contribution in [0.15, 0.2) is 48.6 Å². The fraction of sp³-hybridized carbons (Fsp3) is 0.476. The molecule has 2 aliphatic carbocycles. The molecular weight excluding hydrogens is 314 g/mol. The van der Waals surface area contributed by atoms with Gasteiger partial charge in [-0.1, -0.05) is 61.4 Å². The molecule has 0 saturated carbocycles. The van der Waals surface area contributed by atoms with E-state index in [0.29, 0.717) is 25.0 Å². The predicted octanol–water partition coefficient (Wildman–Crippen LogP) is 3.89. The number of alkyl carbamates (subject to hydrolysis) is 1. The molecular formula is C21H27NO3. The topological polar surface area (TPSA) is 58.6 Å². The normalized spacial score (nSPS) is 23.2. The molecule has 2 aliphatic rings. The lowest BCUT2D eigenvalue weighted by Crippen LogP contribution is -2.28. The summed E-state index contributed by atoms with van der Waals surface area (Å²) in [7, 11) is 0. The van der Waals surface area contributed by atoms with E-state index >= 15 is 0 Å². The molecule has 0 saturated heterocycles. The molecule has 0 radical (unpaired) electrons. The van der Waals surface area contributed by atoms with Gasteiger partial charge >= 0.3 is 6.09 Å². The largest absolute Gasteiger partial charge is 0.449 e. The molecule has 4 nitrogen and oxygen atoms in total. The van der Waals surface area contributed by atoms with Gasteiger partial charge in [0.15, 0.2) is 0 Å². The Morgan fingerprint density at radius 3 is 2.64 bits per heavy atom. The van der Waals surface area contributed by atoms with Crippen LogP contribution in [0, 0.1) is 5.92 Å². The molecule has 1 amide bonds. The van der Waals surface area contributed by atoms with Crippen LogP contribution in [0.2, 0.25) is 0 Å². The smallest absolute Gasteiger partial charge is 0.407 e. The summed E-state index contributed by atoms with van der Waals surface area (Å²) >= 11 is 0. The number of hydrogen-bond acceptors (Lipinski definition) is 3. The van der Waals surface area contributed by atoms with E-state index < -0.39 is 0 Å². The van der Waals surface area contributed by atoms with Crippen LogP contribution in [0.5, 0.6) is 0 Å². The number of hydrogen-bond donors (Lipinski definition) is 2. The van der Waals surface area contributed by atoms with Gasteiger partial charge in [0.2, 0.25) is 0 Å². The van der Waals surface area contributed by atoms with E-state index in [4.69, 9.17) is 9.84 Å². The summed E-state index contributed by atoms with van der Waals surface area (Å²) in [6, 6.07) is 8.48. The Labute approximate surface area is 149 Å². The maximum absolute atomic E-state index is 12.0. The average Bonchev–Trinajstić information content (AvgIpc) is 2.97. The maximum Gasteiger partial charge on any atom is 0.407 e. The van der Waals surface area contributed by atoms with Gasteiger partial charge in [0.1, 0.15) is 6.61 Å². The van der Waals surface area contributed by atoms with Crippen LogP contribution in [0.3, 0.4) is 0 Å². The van der Waals surface area contributed by atoms with E-state index in [-0.39, 0.29) is 18.6 Å². The Morgan fingerprint density at radius 1 is 1.04 bits per heavy atom. The van der Waals surface area contributed by atoms with Crippen LogP contribution in [-0.4, -0.2) is 31.0 Å². The SMILES string of the molecule is O=C(NCCCCCCO)OCC1c2ccccc2C2C=CC=CC21. The minimum absolute atomic E-state index is 0.220. The Bertz CT molecular complexity index is 638. The van der Waals surface area contributed by atoms with E-state index in [9.17, 15) is 4.79 Å². The Balaban J connectivity index is 1.48. The van der Waals surface area contributed by atoms with Gasteiger partial charge in [0.05, 0.1) is 0 Å². The molecule has 4 heteroatoms. The van der Waals surface area contributed by atoms with E-state index in [1.165, 1.54) is 11.1 Å². The maximum atomic E-state index is 12.0. The average molecular weight is 341 g/mol. The molecule has 2 N–H and O–H groups in total. The molecule has 3 rings (SSSR count). The van der Waals surface area contributed by atoms with Crippen LogP contribution in [0.25, 0.3) is 0 Å². The highest BCUT2D eigenvalue weighted by atomic mass is 16.5. The number of aliphatic hydroxyl groups is 1. The zero-order chi connectivity index (χ0) is 17.5. The Kier molecular flexibility index (Phi) is 6.29. The number of rotatable bonds is 8. The summed E-state index contributed by atoms with van der Waals surface area (Å²) in [6.45, 7) is 1.27. The third-order valence-corrected chi connectivity index (χ3v) is 5.14. The van der Waals surface area contributed by atoms with E-state index in [1.807, 2.05) is 0 Å². The highest BCUT2D eigenvalue weighted by Crippen LogP contribution is 2.49. The van der Waals surface area contributed by atoms with Gasteiger partial charge in [-0.05, 0) is 29.9 Å². The van der Waals surface area contributed by atoms with E-state index in [2.05, 4.69) is 53.9 Å². The van der Waals surface area contributed by atoms with Crippen LogP contribution in [0.4, 0.5) is 4.79 Å². The van der Waals surface area contributed by atoms with Gasteiger partial charge in [0.25, 0.3) is 0 Å². The number of aliphatic hydroxyl groups excluding tert-OH is 1. The lowest BCUT2D eigenvalue weighted by molar-refractivity contribution is 0.133. The van der Waals surface area contributed by atoms with Crippen molar-refractivity contribution in [1.82, 2.24) is 5.32 Å². The molecule has 134 valence electrons. The third kappa shape index (κ3) is 4.31. The molecule has 3 atom stereocenters. The van der Waals surface area contributed by atoms with Gasteiger partial charge in [-0.3, -0.25) is 0 Å². The predicted molar refractivity (Wildman–Crippen MR) is 98.6 cm³/mol. The molecule has 0 aromatic heterocycles. The van der Waals surface area contributed by atoms with Gasteiger partial charge in [-0.15, -0.1) is 0 Å². The van der Waals surface area contributed by atoms with Crippen molar-refractivity contribution < 1.29 is 14.6 Å². The summed E-state index contributed by atoms with van der Waals surface area (Å²) in [5.74, 6) is 0.982. The molecule has 1 aromatic rings. The molecule has 25 heavy (non-hydrogen) atoms. The summed E-state index contributed by atoms with van der Waals surface area (Å²) in [6.07, 6.45) is 12.1. The first-order chi connectivity index (χ1) is 12.3. The van der Waals surface area contributed by atoms with Crippen molar-refractivity contribution in [3.05, 3.63) is 59.7 Å². The zero-order valence-corrected chi connectivity index (χ0v) is 14.6. The highest BCUT2D eigenvalue weighted by Gasteiger charge is 2.38. The summed E-state index contributed by atoms with van der Waals surface area (Å²) < 4.78 is 5.51. The fourth-order valence-corrected chi connectivity index (χ4v) is 3.88. The van der Waals surface area contributed by atoms with Crippen LogP contribution < -0.4 is 5.32 Å². The minimum atomic E-state index is -0.335. The van der Waals surface area contributed by atoms with Crippen LogP contribution in [0.1, 0.15) is 48.6 Å². The van der Waals surface area contributed by atoms with E-state index in [1.54, 1.807) is 0 Å². The molecule has 0 spiro atoms. The number of fused-ring (bicyclic) bond motifs is 3. The zero-order valence-electron chi connectivity index (χ0n) is 14.6. The van der Waals surface area contributed by atoms with Crippen molar-refractivity contribution in [3.8, 4) is 0 Å². The second kappa shape index (κ2) is 8.86. The number of carbonyl (C=O) groups is 1. The summed E-state index contributed by atoms with van der Waals surface area (Å²) in [5, 5.41) is 11.6. The van der Waals surface area contributed by atoms with Crippen molar-refractivity contribution in [2.75, 3.05) is 19.8 Å². The monoisotopic (exact) mass is 341 g/mol. The Morgan fingerprint density at radius 2 is 1.80 bits per heavy atom. The van der Waals surface area contributed by atoms with Gasteiger partial charge < -0.3 is 15.2 Å². The third-order valence-electron chi connectivity index (χ3n) is 5.14. The van der Waals surface area contributed by atoms with Crippen molar-refractivity contribution in [2.45, 2.75) is 37.5 Å². The minimum Gasteiger partial charge on any atom is -0.449 e. The molecule has 0 bridgehead atoms. The molecule has 0 fully saturated rings. The highest BCUT2D eigenvalue weighted by molar-refractivity contribution is 5.67. The molecule has 0 heterocycles.